The molecular formula is C27H31N9O3S3. The molecule has 1 saturated carbocycles. The number of thiocarbonyl (C=S) groups is 1. The number of hydrogen-bond acceptors (Lipinski definition) is 13. The predicted octanol–water partition coefficient (Wildman–Crippen LogP) is 4.10. The van der Waals surface area contributed by atoms with Crippen molar-refractivity contribution in [2.75, 3.05) is 35.8 Å². The lowest BCUT2D eigenvalue weighted by molar-refractivity contribution is -0.123. The third-order valence-corrected chi connectivity index (χ3v) is 8.36. The number of aromatic nitrogens is 3. The number of carbonyl (C=O) groups excluding carboxylic acids is 2. The maximum absolute atomic E-state index is 13.1. The Kier molecular flexibility index (Phi) is 10.2. The van der Waals surface area contributed by atoms with Crippen molar-refractivity contribution in [3.05, 3.63) is 51.6 Å². The van der Waals surface area contributed by atoms with Crippen molar-refractivity contribution in [2.24, 2.45) is 5.73 Å². The number of thiophene rings is 1. The number of amides is 2. The number of hydrogen-bond donors (Lipinski definition) is 5. The van der Waals surface area contributed by atoms with Crippen LogP contribution in [-0.2, 0) is 9.59 Å². The van der Waals surface area contributed by atoms with E-state index in [2.05, 4.69) is 36.3 Å². The van der Waals surface area contributed by atoms with Crippen molar-refractivity contribution in [3.8, 4) is 5.75 Å². The molecule has 0 atom stereocenters. The highest BCUT2D eigenvalue weighted by atomic mass is 32.2. The van der Waals surface area contributed by atoms with Gasteiger partial charge in [-0.3, -0.25) is 15.0 Å². The number of hydrazine groups is 1. The van der Waals surface area contributed by atoms with E-state index in [0.29, 0.717) is 46.1 Å². The predicted molar refractivity (Wildman–Crippen MR) is 171 cm³/mol. The van der Waals surface area contributed by atoms with Crippen LogP contribution in [0.4, 0.5) is 23.5 Å². The number of carbonyl (C=O) groups is 2. The standard InChI is InChI=1S/C27H31N9O3S3/c28-11-3-12-29-22(37)15-39-20-8-6-19(7-9-20)31-25-32-24(30-18-4-1-2-5-18)33-26(34-25)35-36-23(38)21(42-27(36)40)14-17-10-13-41-16-17/h6-10,13-14,16,18H,1-5,11-12,15,28H2,(H,29,37)(H3,30,31,32,33,34,35)/b21-14-. The number of rotatable bonds is 13. The van der Waals surface area contributed by atoms with Gasteiger partial charge in [0.25, 0.3) is 11.8 Å². The van der Waals surface area contributed by atoms with Crippen molar-refractivity contribution >= 4 is 81.1 Å². The Morgan fingerprint density at radius 3 is 2.62 bits per heavy atom. The molecule has 2 fully saturated rings. The zero-order valence-electron chi connectivity index (χ0n) is 22.7. The fourth-order valence-corrected chi connectivity index (χ4v) is 6.06. The van der Waals surface area contributed by atoms with E-state index in [1.807, 2.05) is 22.9 Å². The van der Waals surface area contributed by atoms with Gasteiger partial charge < -0.3 is 26.4 Å². The summed E-state index contributed by atoms with van der Waals surface area (Å²) in [5, 5.41) is 14.5. The van der Waals surface area contributed by atoms with Gasteiger partial charge in [-0.1, -0.05) is 24.6 Å². The van der Waals surface area contributed by atoms with Crippen LogP contribution in [-0.4, -0.2) is 61.8 Å². The molecule has 3 aromatic rings. The Morgan fingerprint density at radius 2 is 1.88 bits per heavy atom. The monoisotopic (exact) mass is 625 g/mol. The summed E-state index contributed by atoms with van der Waals surface area (Å²) in [7, 11) is 0. The van der Waals surface area contributed by atoms with Gasteiger partial charge >= 0.3 is 0 Å². The maximum Gasteiger partial charge on any atom is 0.285 e. The van der Waals surface area contributed by atoms with Gasteiger partial charge in [-0.15, -0.1) is 0 Å². The molecular weight excluding hydrogens is 595 g/mol. The Balaban J connectivity index is 1.27. The highest BCUT2D eigenvalue weighted by molar-refractivity contribution is 8.26. The molecule has 2 aromatic heterocycles. The first-order valence-corrected chi connectivity index (χ1v) is 15.7. The SMILES string of the molecule is NCCCNC(=O)COc1ccc(Nc2nc(NC3CCCC3)nc(NN3C(=O)/C(=C/c4ccsc4)SC3=S)n2)cc1. The van der Waals surface area contributed by atoms with Crippen LogP contribution in [0.2, 0.25) is 0 Å². The highest BCUT2D eigenvalue weighted by Crippen LogP contribution is 2.33. The van der Waals surface area contributed by atoms with Crippen LogP contribution in [0.25, 0.3) is 6.08 Å². The molecule has 0 spiro atoms. The Bertz CT molecular complexity index is 1430. The summed E-state index contributed by atoms with van der Waals surface area (Å²) < 4.78 is 5.92. The highest BCUT2D eigenvalue weighted by Gasteiger charge is 2.33. The molecule has 220 valence electrons. The van der Waals surface area contributed by atoms with E-state index in [-0.39, 0.29) is 36.4 Å². The van der Waals surface area contributed by atoms with Crippen molar-refractivity contribution in [1.29, 1.82) is 0 Å². The molecule has 0 radical (unpaired) electrons. The van der Waals surface area contributed by atoms with E-state index >= 15 is 0 Å². The largest absolute Gasteiger partial charge is 0.484 e. The lowest BCUT2D eigenvalue weighted by Gasteiger charge is -2.18. The number of ether oxygens (including phenoxy) is 1. The second-order valence-corrected chi connectivity index (χ2v) is 12.0. The van der Waals surface area contributed by atoms with Crippen LogP contribution >= 0.6 is 35.3 Å². The first-order valence-electron chi connectivity index (χ1n) is 13.5. The van der Waals surface area contributed by atoms with E-state index < -0.39 is 0 Å². The molecule has 15 heteroatoms. The molecule has 1 saturated heterocycles. The van der Waals surface area contributed by atoms with Gasteiger partial charge in [-0.25, -0.2) is 0 Å². The average Bonchev–Trinajstić information content (AvgIpc) is 3.74. The first-order chi connectivity index (χ1) is 20.5. The minimum Gasteiger partial charge on any atom is -0.484 e. The lowest BCUT2D eigenvalue weighted by atomic mass is 10.2. The van der Waals surface area contributed by atoms with Gasteiger partial charge in [-0.05, 0) is 90.8 Å². The number of nitrogens with zero attached hydrogens (tertiary/aromatic N) is 4. The molecule has 0 bridgehead atoms. The molecule has 1 aliphatic carbocycles. The van der Waals surface area contributed by atoms with Crippen LogP contribution in [0.15, 0.2) is 46.0 Å². The summed E-state index contributed by atoms with van der Waals surface area (Å²) in [4.78, 5) is 39.1. The van der Waals surface area contributed by atoms with Gasteiger partial charge in [0.05, 0.1) is 4.91 Å². The van der Waals surface area contributed by atoms with Crippen molar-refractivity contribution in [1.82, 2.24) is 25.3 Å². The molecule has 1 aromatic carbocycles. The smallest absolute Gasteiger partial charge is 0.285 e. The van der Waals surface area contributed by atoms with Crippen molar-refractivity contribution in [3.63, 3.8) is 0 Å². The van der Waals surface area contributed by atoms with Gasteiger partial charge in [0.2, 0.25) is 17.8 Å². The van der Waals surface area contributed by atoms with E-state index in [1.54, 1.807) is 35.6 Å². The first kappa shape index (κ1) is 29.7. The topological polar surface area (TPSA) is 159 Å². The zero-order chi connectivity index (χ0) is 29.3. The Labute approximate surface area is 256 Å². The number of thioether (sulfide) groups is 1. The number of nitrogens with two attached hydrogens (primary N) is 1. The fraction of sp³-hybridized carbons (Fsp3) is 0.333. The van der Waals surface area contributed by atoms with Crippen molar-refractivity contribution in [2.45, 2.75) is 38.1 Å². The summed E-state index contributed by atoms with van der Waals surface area (Å²) >= 11 is 8.25. The third kappa shape index (κ3) is 8.15. The van der Waals surface area contributed by atoms with Crippen LogP contribution in [0, 0.1) is 0 Å². The molecule has 2 aliphatic rings. The summed E-state index contributed by atoms with van der Waals surface area (Å²) in [5.41, 5.74) is 10.1. The molecule has 12 nitrogen and oxygen atoms in total. The zero-order valence-corrected chi connectivity index (χ0v) is 25.1. The van der Waals surface area contributed by atoms with E-state index in [0.717, 1.165) is 31.2 Å². The van der Waals surface area contributed by atoms with Crippen LogP contribution < -0.4 is 31.8 Å². The van der Waals surface area contributed by atoms with Gasteiger partial charge in [0.15, 0.2) is 10.9 Å². The van der Waals surface area contributed by atoms with Crippen LogP contribution in [0.3, 0.4) is 0 Å². The average molecular weight is 626 g/mol. The normalized spacial score (nSPS) is 16.2. The fourth-order valence-electron chi connectivity index (χ4n) is 4.27. The van der Waals surface area contributed by atoms with E-state index in [4.69, 9.17) is 22.7 Å². The minimum atomic E-state index is -0.278. The minimum absolute atomic E-state index is 0.0877. The molecule has 6 N–H and O–H groups in total. The maximum atomic E-state index is 13.1. The van der Waals surface area contributed by atoms with Crippen LogP contribution in [0.5, 0.6) is 5.75 Å². The second-order valence-electron chi connectivity index (χ2n) is 9.55. The van der Waals surface area contributed by atoms with Gasteiger partial charge in [0, 0.05) is 18.3 Å². The molecule has 3 heterocycles. The van der Waals surface area contributed by atoms with E-state index in [9.17, 15) is 9.59 Å². The second kappa shape index (κ2) is 14.4. The lowest BCUT2D eigenvalue weighted by Crippen LogP contribution is -2.35. The molecule has 1 aliphatic heterocycles. The van der Waals surface area contributed by atoms with E-state index in [1.165, 1.54) is 16.8 Å². The Morgan fingerprint density at radius 1 is 1.12 bits per heavy atom. The number of anilines is 4. The number of benzene rings is 1. The summed E-state index contributed by atoms with van der Waals surface area (Å²) in [6.45, 7) is 0.949. The summed E-state index contributed by atoms with van der Waals surface area (Å²) in [5.74, 6) is 0.895. The van der Waals surface area contributed by atoms with Crippen LogP contribution in [0.1, 0.15) is 37.7 Å². The quantitative estimate of drug-likeness (QED) is 0.105. The summed E-state index contributed by atoms with van der Waals surface area (Å²) in [6, 6.07) is 9.28. The molecule has 0 unspecified atom stereocenters. The number of nitrogens with one attached hydrogen (secondary N) is 4. The Hall–Kier alpha value is -3.79. The molecule has 2 amide bonds. The van der Waals surface area contributed by atoms with Gasteiger partial charge in [-0.2, -0.15) is 31.3 Å². The van der Waals surface area contributed by atoms with Gasteiger partial charge in [0.1, 0.15) is 5.75 Å². The molecule has 42 heavy (non-hydrogen) atoms. The third-order valence-electron chi connectivity index (χ3n) is 6.35. The molecule has 5 rings (SSSR count). The summed E-state index contributed by atoms with van der Waals surface area (Å²) in [6.07, 6.45) is 6.89. The van der Waals surface area contributed by atoms with Crippen molar-refractivity contribution < 1.29 is 14.3 Å².